The van der Waals surface area contributed by atoms with Gasteiger partial charge in [0.1, 0.15) is 30.3 Å². The number of nitrogens with two attached hydrogens (primary N) is 1. The van der Waals surface area contributed by atoms with E-state index in [-0.39, 0.29) is 36.8 Å². The number of nitriles is 1. The molecule has 1 aromatic heterocycles. The van der Waals surface area contributed by atoms with E-state index in [4.69, 9.17) is 15.7 Å². The van der Waals surface area contributed by atoms with Crippen molar-refractivity contribution < 1.29 is 14.5 Å². The molecule has 1 rings (SSSR count). The number of hydrogen-bond donors (Lipinski definition) is 2. The van der Waals surface area contributed by atoms with E-state index in [2.05, 4.69) is 10.3 Å². The molecule has 1 heterocycles. The van der Waals surface area contributed by atoms with Crippen molar-refractivity contribution in [2.75, 3.05) is 25.1 Å². The second kappa shape index (κ2) is 6.87. The van der Waals surface area contributed by atoms with Gasteiger partial charge in [0.15, 0.2) is 0 Å². The number of hydrogen-bond acceptors (Lipinski definition) is 7. The molecule has 0 aliphatic rings. The number of amides is 1. The third-order valence-corrected chi connectivity index (χ3v) is 1.99. The minimum atomic E-state index is -0.631. The van der Waals surface area contributed by atoms with Gasteiger partial charge in [-0.25, -0.2) is 4.98 Å². The predicted molar refractivity (Wildman–Crippen MR) is 64.1 cm³/mol. The highest BCUT2D eigenvalue weighted by molar-refractivity contribution is 5.74. The van der Waals surface area contributed by atoms with Gasteiger partial charge in [-0.2, -0.15) is 5.26 Å². The fraction of sp³-hybridized carbons (Fsp3) is 0.300. The van der Waals surface area contributed by atoms with Crippen molar-refractivity contribution in [1.29, 1.82) is 5.26 Å². The molecule has 1 amide bonds. The monoisotopic (exact) mass is 265 g/mol. The zero-order valence-electron chi connectivity index (χ0n) is 9.83. The van der Waals surface area contributed by atoms with Crippen molar-refractivity contribution in [3.8, 4) is 6.07 Å². The summed E-state index contributed by atoms with van der Waals surface area (Å²) in [5.41, 5.74) is 4.67. The van der Waals surface area contributed by atoms with Crippen molar-refractivity contribution in [2.45, 2.75) is 0 Å². The van der Waals surface area contributed by atoms with Crippen LogP contribution in [-0.4, -0.2) is 35.6 Å². The summed E-state index contributed by atoms with van der Waals surface area (Å²) >= 11 is 0. The molecular weight excluding hydrogens is 254 g/mol. The predicted octanol–water partition coefficient (Wildman–Crippen LogP) is -0.225. The van der Waals surface area contributed by atoms with E-state index in [1.54, 1.807) is 6.07 Å². The number of ether oxygens (including phenoxy) is 1. The molecule has 0 bridgehead atoms. The molecular formula is C10H11N5O4. The summed E-state index contributed by atoms with van der Waals surface area (Å²) in [7, 11) is 0. The fourth-order valence-electron chi connectivity index (χ4n) is 1.19. The van der Waals surface area contributed by atoms with Crippen molar-refractivity contribution in [2.24, 2.45) is 5.73 Å². The highest BCUT2D eigenvalue weighted by atomic mass is 16.6. The third kappa shape index (κ3) is 4.57. The molecule has 9 heteroatoms. The van der Waals surface area contributed by atoms with E-state index in [0.717, 1.165) is 12.3 Å². The molecule has 0 atom stereocenters. The summed E-state index contributed by atoms with van der Waals surface area (Å²) < 4.78 is 4.90. The van der Waals surface area contributed by atoms with Gasteiger partial charge >= 0.3 is 0 Å². The lowest BCUT2D eigenvalue weighted by Crippen LogP contribution is -2.20. The van der Waals surface area contributed by atoms with Crippen LogP contribution in [0.15, 0.2) is 12.3 Å². The number of primary amides is 1. The lowest BCUT2D eigenvalue weighted by molar-refractivity contribution is -0.385. The molecule has 0 fully saturated rings. The molecule has 9 nitrogen and oxygen atoms in total. The van der Waals surface area contributed by atoms with Crippen molar-refractivity contribution >= 4 is 17.4 Å². The Hall–Kier alpha value is -2.73. The standard InChI is InChI=1S/C10H11N5O4/c11-4-7-3-8(15(17)18)5-14-10(7)13-1-2-19-6-9(12)16/h3,5H,1-2,6H2,(H2,12,16)(H,13,14). The van der Waals surface area contributed by atoms with Crippen LogP contribution in [0.4, 0.5) is 11.5 Å². The van der Waals surface area contributed by atoms with Gasteiger partial charge in [-0.05, 0) is 0 Å². The van der Waals surface area contributed by atoms with Crippen LogP contribution in [-0.2, 0) is 9.53 Å². The topological polar surface area (TPSA) is 144 Å². The minimum Gasteiger partial charge on any atom is -0.370 e. The molecule has 0 aliphatic heterocycles. The normalized spacial score (nSPS) is 9.63. The van der Waals surface area contributed by atoms with Gasteiger partial charge in [-0.15, -0.1) is 0 Å². The van der Waals surface area contributed by atoms with Crippen molar-refractivity contribution in [1.82, 2.24) is 4.98 Å². The maximum Gasteiger partial charge on any atom is 0.289 e. The van der Waals surface area contributed by atoms with E-state index in [0.29, 0.717) is 0 Å². The molecule has 100 valence electrons. The fourth-order valence-corrected chi connectivity index (χ4v) is 1.19. The van der Waals surface area contributed by atoms with E-state index < -0.39 is 10.8 Å². The van der Waals surface area contributed by atoms with Gasteiger partial charge in [0.05, 0.1) is 11.5 Å². The first-order chi connectivity index (χ1) is 9.04. The lowest BCUT2D eigenvalue weighted by Gasteiger charge is -2.06. The summed E-state index contributed by atoms with van der Waals surface area (Å²) in [5.74, 6) is -0.359. The Balaban J connectivity index is 2.57. The quantitative estimate of drug-likeness (QED) is 0.393. The average Bonchev–Trinajstić information content (AvgIpc) is 2.37. The molecule has 0 radical (unpaired) electrons. The van der Waals surface area contributed by atoms with Crippen LogP contribution in [0.3, 0.4) is 0 Å². The summed E-state index contributed by atoms with van der Waals surface area (Å²) in [6.45, 7) is 0.278. The van der Waals surface area contributed by atoms with Crippen LogP contribution >= 0.6 is 0 Å². The third-order valence-electron chi connectivity index (χ3n) is 1.99. The zero-order valence-corrected chi connectivity index (χ0v) is 9.83. The number of anilines is 1. The smallest absolute Gasteiger partial charge is 0.289 e. The van der Waals surface area contributed by atoms with E-state index in [1.165, 1.54) is 0 Å². The van der Waals surface area contributed by atoms with Crippen molar-refractivity contribution in [3.63, 3.8) is 0 Å². The SMILES string of the molecule is N#Cc1cc([N+](=O)[O-])cnc1NCCOCC(N)=O. The first kappa shape index (κ1) is 14.3. The molecule has 0 unspecified atom stereocenters. The van der Waals surface area contributed by atoms with Gasteiger partial charge in [0, 0.05) is 12.6 Å². The number of rotatable bonds is 7. The van der Waals surface area contributed by atoms with E-state index in [9.17, 15) is 14.9 Å². The Labute approximate surface area is 108 Å². The summed E-state index contributed by atoms with van der Waals surface area (Å²) in [6, 6.07) is 2.93. The van der Waals surface area contributed by atoms with Gasteiger partial charge in [0.25, 0.3) is 5.69 Å². The lowest BCUT2D eigenvalue weighted by atomic mass is 10.2. The number of carbonyl (C=O) groups is 1. The number of pyridine rings is 1. The molecule has 0 aliphatic carbocycles. The summed E-state index contributed by atoms with van der Waals surface area (Å²) in [5, 5.41) is 22.1. The van der Waals surface area contributed by atoms with Crippen LogP contribution in [0.1, 0.15) is 5.56 Å². The Bertz CT molecular complexity index is 525. The van der Waals surface area contributed by atoms with Crippen LogP contribution in [0, 0.1) is 21.4 Å². The second-order valence-electron chi connectivity index (χ2n) is 3.40. The van der Waals surface area contributed by atoms with Crippen LogP contribution in [0.25, 0.3) is 0 Å². The van der Waals surface area contributed by atoms with E-state index >= 15 is 0 Å². The highest BCUT2D eigenvalue weighted by Gasteiger charge is 2.11. The largest absolute Gasteiger partial charge is 0.370 e. The van der Waals surface area contributed by atoms with Gasteiger partial charge < -0.3 is 15.8 Å². The molecule has 3 N–H and O–H groups in total. The van der Waals surface area contributed by atoms with Gasteiger partial charge in [-0.1, -0.05) is 0 Å². The Morgan fingerprint density at radius 3 is 3.00 bits per heavy atom. The zero-order chi connectivity index (χ0) is 14.3. The number of nitrogens with one attached hydrogen (secondary N) is 1. The van der Waals surface area contributed by atoms with E-state index in [1.807, 2.05) is 0 Å². The molecule has 0 saturated carbocycles. The molecule has 1 aromatic rings. The number of nitro groups is 1. The Morgan fingerprint density at radius 1 is 1.68 bits per heavy atom. The maximum absolute atomic E-state index is 10.5. The minimum absolute atomic E-state index is 0.0594. The molecule has 19 heavy (non-hydrogen) atoms. The number of aromatic nitrogens is 1. The molecule has 0 spiro atoms. The second-order valence-corrected chi connectivity index (χ2v) is 3.40. The summed E-state index contributed by atoms with van der Waals surface area (Å²) in [4.78, 5) is 24.1. The number of nitrogens with zero attached hydrogens (tertiary/aromatic N) is 3. The van der Waals surface area contributed by atoms with Crippen molar-refractivity contribution in [3.05, 3.63) is 27.9 Å². The first-order valence-corrected chi connectivity index (χ1v) is 5.19. The molecule has 0 saturated heterocycles. The van der Waals surface area contributed by atoms with Gasteiger partial charge in [0.2, 0.25) is 5.91 Å². The Morgan fingerprint density at radius 2 is 2.42 bits per heavy atom. The Kier molecular flexibility index (Phi) is 5.18. The highest BCUT2D eigenvalue weighted by Crippen LogP contribution is 2.17. The molecule has 0 aromatic carbocycles. The van der Waals surface area contributed by atoms with Gasteiger partial charge in [-0.3, -0.25) is 14.9 Å². The van der Waals surface area contributed by atoms with Crippen LogP contribution in [0.5, 0.6) is 0 Å². The number of carbonyl (C=O) groups excluding carboxylic acids is 1. The average molecular weight is 265 g/mol. The van der Waals surface area contributed by atoms with Crippen LogP contribution < -0.4 is 11.1 Å². The maximum atomic E-state index is 10.5. The summed E-state index contributed by atoms with van der Waals surface area (Å²) in [6.07, 6.45) is 1.05. The first-order valence-electron chi connectivity index (χ1n) is 5.19. The van der Waals surface area contributed by atoms with Crippen LogP contribution in [0.2, 0.25) is 0 Å².